The van der Waals surface area contributed by atoms with E-state index in [9.17, 15) is 13.2 Å². The fourth-order valence-corrected chi connectivity index (χ4v) is 3.40. The van der Waals surface area contributed by atoms with Crippen LogP contribution in [0.4, 0.5) is 0 Å². The predicted molar refractivity (Wildman–Crippen MR) is 74.1 cm³/mol. The van der Waals surface area contributed by atoms with Gasteiger partial charge in [0.15, 0.2) is 12.0 Å². The van der Waals surface area contributed by atoms with Crippen LogP contribution in [0.3, 0.4) is 0 Å². The lowest BCUT2D eigenvalue weighted by molar-refractivity contribution is 0.109. The molecular weight excluding hydrogens is 280 g/mol. The first-order chi connectivity index (χ1) is 9.55. The minimum Gasteiger partial charge on any atom is -0.440 e. The molecule has 0 amide bonds. The second kappa shape index (κ2) is 6.51. The van der Waals surface area contributed by atoms with Gasteiger partial charge in [0.25, 0.3) is 10.0 Å². The number of aldehydes is 1. The van der Waals surface area contributed by atoms with Gasteiger partial charge in [-0.05, 0) is 50.5 Å². The van der Waals surface area contributed by atoms with Crippen LogP contribution >= 0.6 is 0 Å². The number of furan rings is 1. The molecule has 2 heterocycles. The van der Waals surface area contributed by atoms with Crippen molar-refractivity contribution in [1.82, 2.24) is 9.62 Å². The number of piperidine rings is 1. The molecule has 0 saturated carbocycles. The summed E-state index contributed by atoms with van der Waals surface area (Å²) in [5.41, 5.74) is 0. The summed E-state index contributed by atoms with van der Waals surface area (Å²) in [5, 5.41) is -0.203. The van der Waals surface area contributed by atoms with Crippen LogP contribution in [0.25, 0.3) is 0 Å². The van der Waals surface area contributed by atoms with Gasteiger partial charge in [-0.3, -0.25) is 4.79 Å². The second-order valence-electron chi connectivity index (χ2n) is 5.00. The Kier molecular flexibility index (Phi) is 4.95. The SMILES string of the molecule is CCN1CCC(CNS(=O)(=O)c2ccc(C=O)o2)CC1. The lowest BCUT2D eigenvalue weighted by Crippen LogP contribution is -2.38. The molecule has 112 valence electrons. The van der Waals surface area contributed by atoms with Crippen molar-refractivity contribution >= 4 is 16.3 Å². The standard InChI is InChI=1S/C13H20N2O4S/c1-2-15-7-5-11(6-8-15)9-14-20(17,18)13-4-3-12(10-16)19-13/h3-4,10-11,14H,2,5-9H2,1H3. The number of sulfonamides is 1. The molecular formula is C13H20N2O4S. The first-order valence-corrected chi connectivity index (χ1v) is 8.30. The Morgan fingerprint density at radius 3 is 2.65 bits per heavy atom. The van der Waals surface area contributed by atoms with E-state index in [2.05, 4.69) is 16.5 Å². The highest BCUT2D eigenvalue weighted by atomic mass is 32.2. The first kappa shape index (κ1) is 15.2. The van der Waals surface area contributed by atoms with E-state index in [0.29, 0.717) is 18.7 Å². The van der Waals surface area contributed by atoms with Crippen LogP contribution in [0, 0.1) is 5.92 Å². The largest absolute Gasteiger partial charge is 0.440 e. The molecule has 0 bridgehead atoms. The van der Waals surface area contributed by atoms with Crippen LogP contribution in [-0.2, 0) is 10.0 Å². The van der Waals surface area contributed by atoms with Crippen molar-refractivity contribution in [2.24, 2.45) is 5.92 Å². The molecule has 0 spiro atoms. The van der Waals surface area contributed by atoms with Gasteiger partial charge in [-0.15, -0.1) is 0 Å². The van der Waals surface area contributed by atoms with Crippen LogP contribution in [0.5, 0.6) is 0 Å². The molecule has 1 aromatic heterocycles. The van der Waals surface area contributed by atoms with Crippen molar-refractivity contribution < 1.29 is 17.6 Å². The zero-order chi connectivity index (χ0) is 14.6. The summed E-state index contributed by atoms with van der Waals surface area (Å²) in [6.07, 6.45) is 2.47. The van der Waals surface area contributed by atoms with Crippen molar-refractivity contribution in [2.75, 3.05) is 26.2 Å². The van der Waals surface area contributed by atoms with E-state index >= 15 is 0 Å². The number of hydrogen-bond donors (Lipinski definition) is 1. The highest BCUT2D eigenvalue weighted by molar-refractivity contribution is 7.89. The topological polar surface area (TPSA) is 79.6 Å². The maximum absolute atomic E-state index is 12.0. The molecule has 1 saturated heterocycles. The van der Waals surface area contributed by atoms with Crippen LogP contribution in [-0.4, -0.2) is 45.8 Å². The predicted octanol–water partition coefficient (Wildman–Crippen LogP) is 1.10. The van der Waals surface area contributed by atoms with Crippen LogP contribution in [0.15, 0.2) is 21.6 Å². The maximum Gasteiger partial charge on any atom is 0.273 e. The summed E-state index contributed by atoms with van der Waals surface area (Å²) in [5.74, 6) is 0.370. The van der Waals surface area contributed by atoms with E-state index in [-0.39, 0.29) is 10.9 Å². The van der Waals surface area contributed by atoms with Gasteiger partial charge in [-0.1, -0.05) is 6.92 Å². The molecule has 1 aliphatic heterocycles. The van der Waals surface area contributed by atoms with E-state index < -0.39 is 10.0 Å². The van der Waals surface area contributed by atoms with Gasteiger partial charge in [0.05, 0.1) is 0 Å². The molecule has 6 nitrogen and oxygen atoms in total. The quantitative estimate of drug-likeness (QED) is 0.796. The smallest absolute Gasteiger partial charge is 0.273 e. The molecule has 0 aliphatic carbocycles. The summed E-state index contributed by atoms with van der Waals surface area (Å²) in [6.45, 7) is 5.61. The Hall–Kier alpha value is -1.18. The Morgan fingerprint density at radius 2 is 2.10 bits per heavy atom. The van der Waals surface area contributed by atoms with Crippen molar-refractivity contribution in [3.05, 3.63) is 17.9 Å². The fraction of sp³-hybridized carbons (Fsp3) is 0.615. The zero-order valence-electron chi connectivity index (χ0n) is 11.5. The third-order valence-corrected chi connectivity index (χ3v) is 5.00. The minimum atomic E-state index is -3.66. The van der Waals surface area contributed by atoms with Crippen LogP contribution in [0.2, 0.25) is 0 Å². The Balaban J connectivity index is 1.88. The highest BCUT2D eigenvalue weighted by Gasteiger charge is 2.23. The monoisotopic (exact) mass is 300 g/mol. The van der Waals surface area contributed by atoms with E-state index in [1.54, 1.807) is 0 Å². The molecule has 7 heteroatoms. The lowest BCUT2D eigenvalue weighted by atomic mass is 9.97. The third kappa shape index (κ3) is 3.68. The van der Waals surface area contributed by atoms with E-state index in [0.717, 1.165) is 32.5 Å². The summed E-state index contributed by atoms with van der Waals surface area (Å²) in [4.78, 5) is 12.9. The van der Waals surface area contributed by atoms with Gasteiger partial charge >= 0.3 is 0 Å². The fourth-order valence-electron chi connectivity index (χ4n) is 2.35. The normalized spacial score (nSPS) is 18.2. The molecule has 20 heavy (non-hydrogen) atoms. The van der Waals surface area contributed by atoms with E-state index in [1.165, 1.54) is 12.1 Å². The van der Waals surface area contributed by atoms with Gasteiger partial charge in [-0.2, -0.15) is 0 Å². The Bertz CT molecular complexity index is 544. The summed E-state index contributed by atoms with van der Waals surface area (Å²) >= 11 is 0. The average molecular weight is 300 g/mol. The van der Waals surface area contributed by atoms with Crippen molar-refractivity contribution in [3.8, 4) is 0 Å². The second-order valence-corrected chi connectivity index (χ2v) is 6.70. The van der Waals surface area contributed by atoms with Gasteiger partial charge in [0, 0.05) is 6.54 Å². The number of nitrogens with zero attached hydrogens (tertiary/aromatic N) is 1. The molecule has 1 aliphatic rings. The van der Waals surface area contributed by atoms with Crippen molar-refractivity contribution in [1.29, 1.82) is 0 Å². The van der Waals surface area contributed by atoms with Gasteiger partial charge in [0.2, 0.25) is 5.09 Å². The van der Waals surface area contributed by atoms with E-state index in [4.69, 9.17) is 4.42 Å². The highest BCUT2D eigenvalue weighted by Crippen LogP contribution is 2.18. The number of nitrogens with one attached hydrogen (secondary N) is 1. The van der Waals surface area contributed by atoms with Gasteiger partial charge < -0.3 is 9.32 Å². The van der Waals surface area contributed by atoms with Crippen LogP contribution < -0.4 is 4.72 Å². The summed E-state index contributed by atoms with van der Waals surface area (Å²) < 4.78 is 31.5. The third-order valence-electron chi connectivity index (χ3n) is 3.70. The Morgan fingerprint density at radius 1 is 1.40 bits per heavy atom. The molecule has 0 unspecified atom stereocenters. The number of carbonyl (C=O) groups excluding carboxylic acids is 1. The van der Waals surface area contributed by atoms with Crippen LogP contribution in [0.1, 0.15) is 30.3 Å². The summed E-state index contributed by atoms with van der Waals surface area (Å²) in [7, 11) is -3.66. The maximum atomic E-state index is 12.0. The molecule has 0 radical (unpaired) electrons. The van der Waals surface area contributed by atoms with E-state index in [1.807, 2.05) is 0 Å². The molecule has 0 atom stereocenters. The number of likely N-dealkylation sites (tertiary alicyclic amines) is 1. The van der Waals surface area contributed by atoms with Gasteiger partial charge in [0.1, 0.15) is 0 Å². The number of rotatable bonds is 6. The Labute approximate surface area is 119 Å². The number of carbonyl (C=O) groups is 1. The minimum absolute atomic E-state index is 0.0154. The molecule has 2 rings (SSSR count). The van der Waals surface area contributed by atoms with Crippen molar-refractivity contribution in [2.45, 2.75) is 24.9 Å². The zero-order valence-corrected chi connectivity index (χ0v) is 12.4. The molecule has 1 N–H and O–H groups in total. The average Bonchev–Trinajstić information content (AvgIpc) is 2.95. The molecule has 1 fully saturated rings. The lowest BCUT2D eigenvalue weighted by Gasteiger charge is -2.30. The van der Waals surface area contributed by atoms with Gasteiger partial charge in [-0.25, -0.2) is 13.1 Å². The number of hydrogen-bond acceptors (Lipinski definition) is 5. The summed E-state index contributed by atoms with van der Waals surface area (Å²) in [6, 6.07) is 2.65. The molecule has 1 aromatic rings. The first-order valence-electron chi connectivity index (χ1n) is 6.82. The van der Waals surface area contributed by atoms with Crippen molar-refractivity contribution in [3.63, 3.8) is 0 Å². The molecule has 0 aromatic carbocycles.